The van der Waals surface area contributed by atoms with Crippen LogP contribution in [-0.4, -0.2) is 44.9 Å². The zero-order chi connectivity index (χ0) is 25.5. The molecule has 2 N–H and O–H groups in total. The smallest absolute Gasteiger partial charge is 0.229 e. The van der Waals surface area contributed by atoms with E-state index in [4.69, 9.17) is 4.98 Å². The molecule has 0 atom stereocenters. The van der Waals surface area contributed by atoms with E-state index in [0.717, 1.165) is 55.0 Å². The van der Waals surface area contributed by atoms with Gasteiger partial charge in [-0.25, -0.2) is 4.98 Å². The number of rotatable bonds is 8. The molecular formula is C30H36N6O. The van der Waals surface area contributed by atoms with E-state index in [1.54, 1.807) is 6.20 Å². The number of pyridine rings is 1. The summed E-state index contributed by atoms with van der Waals surface area (Å²) in [4.78, 5) is 28.1. The molecule has 0 bridgehead atoms. The van der Waals surface area contributed by atoms with Gasteiger partial charge in [-0.15, -0.1) is 0 Å². The van der Waals surface area contributed by atoms with E-state index in [1.807, 2.05) is 36.2 Å². The molecule has 3 aromatic rings. The van der Waals surface area contributed by atoms with E-state index >= 15 is 0 Å². The Kier molecular flexibility index (Phi) is 8.08. The molecule has 1 saturated carbocycles. The molecular weight excluding hydrogens is 460 g/mol. The van der Waals surface area contributed by atoms with Crippen LogP contribution in [0.4, 0.5) is 17.5 Å². The summed E-state index contributed by atoms with van der Waals surface area (Å²) in [6, 6.07) is 14.7. The topological polar surface area (TPSA) is 83.0 Å². The van der Waals surface area contributed by atoms with Gasteiger partial charge in [-0.05, 0) is 61.1 Å². The number of hydrogen-bond donors (Lipinski definition) is 2. The highest BCUT2D eigenvalue weighted by Crippen LogP contribution is 2.30. The number of aromatic nitrogens is 3. The number of carbonyl (C=O) groups is 1. The zero-order valence-electron chi connectivity index (χ0n) is 21.6. The summed E-state index contributed by atoms with van der Waals surface area (Å²) < 4.78 is 0. The number of benzene rings is 1. The highest BCUT2D eigenvalue weighted by Gasteiger charge is 2.19. The Hall–Kier alpha value is -3.74. The van der Waals surface area contributed by atoms with Gasteiger partial charge in [-0.1, -0.05) is 50.5 Å². The fourth-order valence-corrected chi connectivity index (χ4v) is 5.13. The van der Waals surface area contributed by atoms with Gasteiger partial charge in [-0.3, -0.25) is 9.78 Å². The molecule has 7 heteroatoms. The maximum Gasteiger partial charge on any atom is 0.229 e. The lowest BCUT2D eigenvalue weighted by atomic mass is 9.95. The average molecular weight is 497 g/mol. The number of hydrogen-bond acceptors (Lipinski definition) is 6. The van der Waals surface area contributed by atoms with Gasteiger partial charge in [0.2, 0.25) is 11.9 Å². The molecule has 3 heterocycles. The number of amides is 1. The van der Waals surface area contributed by atoms with Crippen LogP contribution in [0.25, 0.3) is 16.8 Å². The monoisotopic (exact) mass is 496 g/mol. The maximum atomic E-state index is 12.2. The molecule has 0 unspecified atom stereocenters. The van der Waals surface area contributed by atoms with Crippen molar-refractivity contribution >= 4 is 28.9 Å². The van der Waals surface area contributed by atoms with Gasteiger partial charge in [0.1, 0.15) is 5.82 Å². The molecule has 0 spiro atoms. The summed E-state index contributed by atoms with van der Waals surface area (Å²) in [5, 5.41) is 7.05. The third-order valence-corrected chi connectivity index (χ3v) is 7.21. The Balaban J connectivity index is 1.29. The van der Waals surface area contributed by atoms with Crippen LogP contribution in [0, 0.1) is 0 Å². The first kappa shape index (κ1) is 24.9. The molecule has 1 aliphatic carbocycles. The summed E-state index contributed by atoms with van der Waals surface area (Å²) in [6.45, 7) is 3.53. The van der Waals surface area contributed by atoms with Crippen molar-refractivity contribution in [1.82, 2.24) is 19.9 Å². The van der Waals surface area contributed by atoms with Crippen LogP contribution < -0.4 is 10.6 Å². The van der Waals surface area contributed by atoms with Crippen LogP contribution in [0.5, 0.6) is 0 Å². The van der Waals surface area contributed by atoms with Crippen molar-refractivity contribution in [1.29, 1.82) is 0 Å². The van der Waals surface area contributed by atoms with Crippen molar-refractivity contribution in [2.24, 2.45) is 0 Å². The fraction of sp³-hybridized carbons (Fsp3) is 0.400. The third-order valence-electron chi connectivity index (χ3n) is 7.21. The van der Waals surface area contributed by atoms with Crippen LogP contribution in [0.15, 0.2) is 60.9 Å². The van der Waals surface area contributed by atoms with Crippen molar-refractivity contribution in [3.8, 4) is 11.3 Å². The highest BCUT2D eigenvalue weighted by molar-refractivity contribution is 5.78. The van der Waals surface area contributed by atoms with Crippen molar-refractivity contribution in [2.75, 3.05) is 23.7 Å². The lowest BCUT2D eigenvalue weighted by Gasteiger charge is -2.26. The van der Waals surface area contributed by atoms with Crippen LogP contribution >= 0.6 is 0 Å². The quantitative estimate of drug-likeness (QED) is 0.373. The van der Waals surface area contributed by atoms with E-state index in [2.05, 4.69) is 50.9 Å². The van der Waals surface area contributed by atoms with E-state index in [9.17, 15) is 4.79 Å². The minimum absolute atomic E-state index is 0.253. The predicted octanol–water partition coefficient (Wildman–Crippen LogP) is 6.44. The highest BCUT2D eigenvalue weighted by atomic mass is 16.2. The molecule has 192 valence electrons. The lowest BCUT2D eigenvalue weighted by molar-refractivity contribution is -0.130. The van der Waals surface area contributed by atoms with Gasteiger partial charge >= 0.3 is 0 Å². The molecule has 0 radical (unpaired) electrons. The van der Waals surface area contributed by atoms with Crippen LogP contribution in [0.3, 0.4) is 0 Å². The van der Waals surface area contributed by atoms with Gasteiger partial charge in [0.05, 0.1) is 11.3 Å². The van der Waals surface area contributed by atoms with Crippen LogP contribution in [-0.2, 0) is 4.79 Å². The Labute approximate surface area is 219 Å². The van der Waals surface area contributed by atoms with Crippen LogP contribution in [0.2, 0.25) is 0 Å². The summed E-state index contributed by atoms with van der Waals surface area (Å²) in [5.41, 5.74) is 5.21. The first-order chi connectivity index (χ1) is 18.2. The van der Waals surface area contributed by atoms with Gasteiger partial charge in [0.15, 0.2) is 0 Å². The SMILES string of the molecule is CCCC(=O)N1CC=C(c2ccc(Nc3ncc(-c4ccccn4)c(NC4CCCCC4)n3)cc2)CC1. The van der Waals surface area contributed by atoms with Crippen molar-refractivity contribution < 1.29 is 4.79 Å². The second kappa shape index (κ2) is 12.0. The van der Waals surface area contributed by atoms with Gasteiger partial charge in [-0.2, -0.15) is 4.98 Å². The minimum atomic E-state index is 0.253. The van der Waals surface area contributed by atoms with E-state index < -0.39 is 0 Å². The normalized spacial score (nSPS) is 16.2. The van der Waals surface area contributed by atoms with E-state index in [1.165, 1.54) is 30.4 Å². The fourth-order valence-electron chi connectivity index (χ4n) is 5.13. The molecule has 0 saturated heterocycles. The van der Waals surface area contributed by atoms with Crippen LogP contribution in [0.1, 0.15) is 63.9 Å². The second-order valence-corrected chi connectivity index (χ2v) is 9.92. The third kappa shape index (κ3) is 6.34. The number of carbonyl (C=O) groups excluding carboxylic acids is 1. The molecule has 1 aliphatic heterocycles. The zero-order valence-corrected chi connectivity index (χ0v) is 21.6. The Bertz CT molecular complexity index is 1220. The minimum Gasteiger partial charge on any atom is -0.367 e. The molecule has 1 fully saturated rings. The van der Waals surface area contributed by atoms with Gasteiger partial charge < -0.3 is 15.5 Å². The summed E-state index contributed by atoms with van der Waals surface area (Å²) in [7, 11) is 0. The van der Waals surface area contributed by atoms with E-state index in [0.29, 0.717) is 25.0 Å². The molecule has 37 heavy (non-hydrogen) atoms. The van der Waals surface area contributed by atoms with E-state index in [-0.39, 0.29) is 5.91 Å². The second-order valence-electron chi connectivity index (χ2n) is 9.92. The Morgan fingerprint density at radius 1 is 1.05 bits per heavy atom. The molecule has 1 aromatic carbocycles. The van der Waals surface area contributed by atoms with Crippen molar-refractivity contribution in [3.05, 3.63) is 66.5 Å². The van der Waals surface area contributed by atoms with Gasteiger partial charge in [0, 0.05) is 43.6 Å². The molecule has 2 aromatic heterocycles. The Morgan fingerprint density at radius 2 is 1.89 bits per heavy atom. The summed E-state index contributed by atoms with van der Waals surface area (Å²) in [5.74, 6) is 1.64. The maximum absolute atomic E-state index is 12.2. The molecule has 5 rings (SSSR count). The first-order valence-electron chi connectivity index (χ1n) is 13.6. The standard InChI is InChI=1S/C30H36N6O/c1-2-8-28(37)36-19-16-23(17-20-36)22-12-14-25(15-13-22)34-30-32-21-26(27-11-6-7-18-31-27)29(35-30)33-24-9-4-3-5-10-24/h6-7,11-16,18,21,24H,2-5,8-10,17,19-20H2,1H3,(H2,32,33,34,35). The summed E-state index contributed by atoms with van der Waals surface area (Å²) in [6.07, 6.45) is 14.4. The summed E-state index contributed by atoms with van der Waals surface area (Å²) >= 11 is 0. The first-order valence-corrected chi connectivity index (χ1v) is 13.6. The Morgan fingerprint density at radius 3 is 2.59 bits per heavy atom. The number of nitrogens with zero attached hydrogens (tertiary/aromatic N) is 4. The number of nitrogens with one attached hydrogen (secondary N) is 2. The lowest BCUT2D eigenvalue weighted by Crippen LogP contribution is -2.34. The predicted molar refractivity (Wildman–Crippen MR) is 150 cm³/mol. The molecule has 1 amide bonds. The largest absolute Gasteiger partial charge is 0.367 e. The number of anilines is 3. The average Bonchev–Trinajstić information content (AvgIpc) is 2.95. The molecule has 7 nitrogen and oxygen atoms in total. The molecule has 2 aliphatic rings. The van der Waals surface area contributed by atoms with Crippen molar-refractivity contribution in [2.45, 2.75) is 64.3 Å². The van der Waals surface area contributed by atoms with Crippen molar-refractivity contribution in [3.63, 3.8) is 0 Å². The van der Waals surface area contributed by atoms with Gasteiger partial charge in [0.25, 0.3) is 0 Å².